The second kappa shape index (κ2) is 3.57. The van der Waals surface area contributed by atoms with Gasteiger partial charge >= 0.3 is 0 Å². The summed E-state index contributed by atoms with van der Waals surface area (Å²) < 4.78 is 0. The first kappa shape index (κ1) is 10.6. The molecule has 4 nitrogen and oxygen atoms in total. The van der Waals surface area contributed by atoms with Gasteiger partial charge in [0.15, 0.2) is 0 Å². The monoisotopic (exact) mass is 217 g/mol. The minimum Gasteiger partial charge on any atom is -0.278 e. The van der Waals surface area contributed by atoms with Gasteiger partial charge in [-0.15, -0.1) is 5.06 Å². The van der Waals surface area contributed by atoms with Crippen molar-refractivity contribution in [2.45, 2.75) is 13.8 Å². The van der Waals surface area contributed by atoms with Crippen molar-refractivity contribution < 1.29 is 14.8 Å². The third-order valence-corrected chi connectivity index (χ3v) is 2.60. The van der Waals surface area contributed by atoms with Gasteiger partial charge in [-0.3, -0.25) is 14.8 Å². The van der Waals surface area contributed by atoms with Crippen LogP contribution in [0.5, 0.6) is 0 Å². The highest BCUT2D eigenvalue weighted by molar-refractivity contribution is 6.34. The number of carbonyl (C=O) groups is 2. The minimum atomic E-state index is -0.659. The summed E-state index contributed by atoms with van der Waals surface area (Å²) in [7, 11) is 0. The number of benzene rings is 1. The van der Waals surface area contributed by atoms with Gasteiger partial charge in [0.1, 0.15) is 0 Å². The molecule has 1 aromatic rings. The van der Waals surface area contributed by atoms with Gasteiger partial charge in [0.05, 0.1) is 5.57 Å². The van der Waals surface area contributed by atoms with Crippen molar-refractivity contribution in [2.24, 2.45) is 0 Å². The minimum absolute atomic E-state index is 0.160. The second-order valence-electron chi connectivity index (χ2n) is 3.79. The molecule has 0 saturated carbocycles. The van der Waals surface area contributed by atoms with Crippen molar-refractivity contribution in [1.82, 2.24) is 5.06 Å². The van der Waals surface area contributed by atoms with E-state index in [0.29, 0.717) is 5.56 Å². The molecule has 1 aliphatic heterocycles. The average Bonchev–Trinajstić information content (AvgIpc) is 2.44. The molecule has 0 radical (unpaired) electrons. The first-order valence-corrected chi connectivity index (χ1v) is 4.88. The molecule has 2 amide bonds. The molecule has 0 fully saturated rings. The summed E-state index contributed by atoms with van der Waals surface area (Å²) in [5.41, 5.74) is 2.20. The molecule has 0 bridgehead atoms. The number of aryl methyl sites for hydroxylation is 1. The fourth-order valence-corrected chi connectivity index (χ4v) is 1.76. The van der Waals surface area contributed by atoms with Crippen LogP contribution in [0.3, 0.4) is 0 Å². The van der Waals surface area contributed by atoms with Gasteiger partial charge in [0.2, 0.25) is 0 Å². The van der Waals surface area contributed by atoms with E-state index in [1.165, 1.54) is 6.92 Å². The Kier molecular flexibility index (Phi) is 2.36. The fraction of sp³-hybridized carbons (Fsp3) is 0.167. The molecule has 1 aliphatic rings. The second-order valence-corrected chi connectivity index (χ2v) is 3.79. The van der Waals surface area contributed by atoms with Crippen LogP contribution in [-0.2, 0) is 9.59 Å². The molecule has 1 N–H and O–H groups in total. The Balaban J connectivity index is 2.57. The van der Waals surface area contributed by atoms with E-state index in [1.807, 2.05) is 25.1 Å². The van der Waals surface area contributed by atoms with E-state index in [1.54, 1.807) is 6.07 Å². The lowest BCUT2D eigenvalue weighted by Gasteiger charge is -2.05. The maximum Gasteiger partial charge on any atom is 0.285 e. The van der Waals surface area contributed by atoms with Crippen molar-refractivity contribution in [3.63, 3.8) is 0 Å². The Morgan fingerprint density at radius 3 is 2.31 bits per heavy atom. The van der Waals surface area contributed by atoms with E-state index in [4.69, 9.17) is 0 Å². The quantitative estimate of drug-likeness (QED) is 0.573. The Morgan fingerprint density at radius 2 is 1.81 bits per heavy atom. The Morgan fingerprint density at radius 1 is 1.12 bits per heavy atom. The molecular weight excluding hydrogens is 206 g/mol. The van der Waals surface area contributed by atoms with Gasteiger partial charge in [-0.2, -0.15) is 0 Å². The topological polar surface area (TPSA) is 57.6 Å². The number of nitrogens with zero attached hydrogens (tertiary/aromatic N) is 1. The summed E-state index contributed by atoms with van der Waals surface area (Å²) in [6.45, 7) is 3.44. The zero-order valence-electron chi connectivity index (χ0n) is 9.02. The zero-order valence-corrected chi connectivity index (χ0v) is 9.02. The summed E-state index contributed by atoms with van der Waals surface area (Å²) in [6.07, 6.45) is 0. The predicted molar refractivity (Wildman–Crippen MR) is 57.4 cm³/mol. The fourth-order valence-electron chi connectivity index (χ4n) is 1.76. The number of carbonyl (C=O) groups excluding carboxylic acids is 2. The van der Waals surface area contributed by atoms with Crippen molar-refractivity contribution in [1.29, 1.82) is 0 Å². The normalized spacial score (nSPS) is 16.3. The van der Waals surface area contributed by atoms with E-state index in [9.17, 15) is 14.8 Å². The van der Waals surface area contributed by atoms with Crippen LogP contribution in [0.15, 0.2) is 29.8 Å². The highest BCUT2D eigenvalue weighted by atomic mass is 16.5. The van der Waals surface area contributed by atoms with Crippen molar-refractivity contribution in [3.05, 3.63) is 41.0 Å². The predicted octanol–water partition coefficient (Wildman–Crippen LogP) is 1.53. The molecule has 0 aliphatic carbocycles. The van der Waals surface area contributed by atoms with E-state index in [0.717, 1.165) is 5.56 Å². The van der Waals surface area contributed by atoms with Crippen LogP contribution in [-0.4, -0.2) is 22.1 Å². The Bertz CT molecular complexity index is 517. The molecule has 4 heteroatoms. The van der Waals surface area contributed by atoms with Gasteiger partial charge < -0.3 is 0 Å². The third kappa shape index (κ3) is 1.44. The lowest BCUT2D eigenvalue weighted by molar-refractivity contribution is -0.169. The van der Waals surface area contributed by atoms with Crippen LogP contribution in [0.2, 0.25) is 0 Å². The van der Waals surface area contributed by atoms with Crippen LogP contribution in [0, 0.1) is 6.92 Å². The first-order chi connectivity index (χ1) is 7.52. The number of amides is 2. The van der Waals surface area contributed by atoms with E-state index in [2.05, 4.69) is 0 Å². The van der Waals surface area contributed by atoms with Gasteiger partial charge in [-0.05, 0) is 19.4 Å². The molecule has 1 aromatic carbocycles. The summed E-state index contributed by atoms with van der Waals surface area (Å²) in [4.78, 5) is 23.0. The SMILES string of the molecule is CC1=C(c2cccc(C)c2)C(=O)N(O)C1=O. The van der Waals surface area contributed by atoms with Crippen LogP contribution >= 0.6 is 0 Å². The van der Waals surface area contributed by atoms with E-state index in [-0.39, 0.29) is 16.2 Å². The molecule has 2 rings (SSSR count). The summed E-state index contributed by atoms with van der Waals surface area (Å²) in [5.74, 6) is -1.31. The van der Waals surface area contributed by atoms with Gasteiger partial charge in [0, 0.05) is 5.57 Å². The summed E-state index contributed by atoms with van der Waals surface area (Å²) in [5, 5.41) is 9.39. The molecule has 1 heterocycles. The first-order valence-electron chi connectivity index (χ1n) is 4.88. The Labute approximate surface area is 92.8 Å². The Hall–Kier alpha value is -1.94. The van der Waals surface area contributed by atoms with Crippen LogP contribution < -0.4 is 0 Å². The molecule has 16 heavy (non-hydrogen) atoms. The summed E-state index contributed by atoms with van der Waals surface area (Å²) in [6, 6.07) is 7.26. The number of hydrogen-bond acceptors (Lipinski definition) is 3. The lowest BCUT2D eigenvalue weighted by atomic mass is 10.0. The largest absolute Gasteiger partial charge is 0.285 e. The molecule has 0 spiro atoms. The molecule has 82 valence electrons. The average molecular weight is 217 g/mol. The van der Waals surface area contributed by atoms with E-state index < -0.39 is 11.8 Å². The van der Waals surface area contributed by atoms with Crippen LogP contribution in [0.4, 0.5) is 0 Å². The van der Waals surface area contributed by atoms with E-state index >= 15 is 0 Å². The van der Waals surface area contributed by atoms with Gasteiger partial charge in [-0.1, -0.05) is 29.8 Å². The highest BCUT2D eigenvalue weighted by Gasteiger charge is 2.35. The standard InChI is InChI=1S/C12H11NO3/c1-7-4-3-5-9(6-7)10-8(2)11(14)13(16)12(10)15/h3-6,16H,1-2H3. The van der Waals surface area contributed by atoms with Crippen LogP contribution in [0.25, 0.3) is 5.57 Å². The third-order valence-electron chi connectivity index (χ3n) is 2.60. The van der Waals surface area contributed by atoms with Gasteiger partial charge in [0.25, 0.3) is 11.8 Å². The molecule has 0 atom stereocenters. The number of hydroxylamine groups is 2. The number of hydrogen-bond donors (Lipinski definition) is 1. The maximum atomic E-state index is 11.6. The molecule has 0 unspecified atom stereocenters. The van der Waals surface area contributed by atoms with Crippen molar-refractivity contribution in [3.8, 4) is 0 Å². The summed E-state index contributed by atoms with van der Waals surface area (Å²) >= 11 is 0. The lowest BCUT2D eigenvalue weighted by Crippen LogP contribution is -2.27. The number of imide groups is 1. The molecular formula is C12H11NO3. The maximum absolute atomic E-state index is 11.6. The van der Waals surface area contributed by atoms with Gasteiger partial charge in [-0.25, -0.2) is 0 Å². The highest BCUT2D eigenvalue weighted by Crippen LogP contribution is 2.28. The van der Waals surface area contributed by atoms with Crippen molar-refractivity contribution in [2.75, 3.05) is 0 Å². The smallest absolute Gasteiger partial charge is 0.278 e. The zero-order chi connectivity index (χ0) is 11.9. The molecule has 0 saturated heterocycles. The van der Waals surface area contributed by atoms with Crippen LogP contribution in [0.1, 0.15) is 18.1 Å². The number of rotatable bonds is 1. The van der Waals surface area contributed by atoms with Crippen molar-refractivity contribution >= 4 is 17.4 Å². The molecule has 0 aromatic heterocycles.